The minimum Gasteiger partial charge on any atom is -0.340 e. The Balaban J connectivity index is 1.45. The van der Waals surface area contributed by atoms with E-state index in [2.05, 4.69) is 47.0 Å². The molecule has 2 aromatic heterocycles. The number of hydrogen-bond donors (Lipinski definition) is 3. The molecule has 0 aliphatic heterocycles. The quantitative estimate of drug-likeness (QED) is 0.248. The summed E-state index contributed by atoms with van der Waals surface area (Å²) in [6.45, 7) is 7.07. The van der Waals surface area contributed by atoms with E-state index in [4.69, 9.17) is 0 Å². The van der Waals surface area contributed by atoms with Crippen LogP contribution in [0.3, 0.4) is 0 Å². The van der Waals surface area contributed by atoms with Gasteiger partial charge in [0, 0.05) is 48.6 Å². The largest absolute Gasteiger partial charge is 0.340 e. The Morgan fingerprint density at radius 1 is 0.972 bits per heavy atom. The lowest BCUT2D eigenvalue weighted by Gasteiger charge is -2.13. The Hall–Kier alpha value is -3.76. The van der Waals surface area contributed by atoms with Gasteiger partial charge in [-0.25, -0.2) is 23.1 Å². The molecule has 0 aliphatic rings. The van der Waals surface area contributed by atoms with E-state index < -0.39 is 10.0 Å². The van der Waals surface area contributed by atoms with Crippen molar-refractivity contribution in [3.05, 3.63) is 84.1 Å². The maximum atomic E-state index is 12.6. The van der Waals surface area contributed by atoms with Crippen LogP contribution in [-0.4, -0.2) is 34.5 Å². The number of rotatable bonds is 11. The van der Waals surface area contributed by atoms with Crippen LogP contribution in [0.2, 0.25) is 0 Å². The topological polar surface area (TPSA) is 114 Å². The van der Waals surface area contributed by atoms with Crippen LogP contribution in [0.4, 0.5) is 23.1 Å². The van der Waals surface area contributed by atoms with Crippen LogP contribution in [-0.2, 0) is 16.6 Å². The smallest absolute Gasteiger partial charge is 0.240 e. The first-order valence-electron chi connectivity index (χ1n) is 11.9. The molecule has 0 spiro atoms. The summed E-state index contributed by atoms with van der Waals surface area (Å²) in [5.74, 6) is 2.00. The van der Waals surface area contributed by atoms with Gasteiger partial charge in [0.2, 0.25) is 16.0 Å². The van der Waals surface area contributed by atoms with E-state index in [1.165, 1.54) is 0 Å². The van der Waals surface area contributed by atoms with Crippen molar-refractivity contribution in [1.29, 1.82) is 0 Å². The van der Waals surface area contributed by atoms with Crippen molar-refractivity contribution in [2.75, 3.05) is 17.2 Å². The van der Waals surface area contributed by atoms with Crippen LogP contribution in [0.1, 0.15) is 36.7 Å². The predicted molar refractivity (Wildman–Crippen MR) is 142 cm³/mol. The summed E-state index contributed by atoms with van der Waals surface area (Å²) in [4.78, 5) is 13.5. The van der Waals surface area contributed by atoms with Crippen LogP contribution in [0, 0.1) is 13.8 Å². The minimum atomic E-state index is -3.57. The Morgan fingerprint density at radius 2 is 1.78 bits per heavy atom. The normalized spacial score (nSPS) is 11.4. The number of unbranched alkanes of at least 4 members (excludes halogenated alkanes) is 1. The summed E-state index contributed by atoms with van der Waals surface area (Å²) in [6.07, 6.45) is 7.19. The van der Waals surface area contributed by atoms with Gasteiger partial charge in [0.05, 0.1) is 4.90 Å². The third kappa shape index (κ3) is 6.46. The molecule has 0 saturated carbocycles. The molecule has 188 valence electrons. The van der Waals surface area contributed by atoms with Gasteiger partial charge < -0.3 is 15.2 Å². The van der Waals surface area contributed by atoms with Gasteiger partial charge in [0.1, 0.15) is 11.6 Å². The molecule has 0 bridgehead atoms. The average molecular weight is 506 g/mol. The molecule has 0 fully saturated rings. The summed E-state index contributed by atoms with van der Waals surface area (Å²) >= 11 is 0. The van der Waals surface area contributed by atoms with E-state index >= 15 is 0 Å². The van der Waals surface area contributed by atoms with Crippen molar-refractivity contribution >= 4 is 33.2 Å². The Morgan fingerprint density at radius 3 is 2.50 bits per heavy atom. The van der Waals surface area contributed by atoms with Gasteiger partial charge in [-0.3, -0.25) is 0 Å². The fourth-order valence-electron chi connectivity index (χ4n) is 3.56. The van der Waals surface area contributed by atoms with Crippen molar-refractivity contribution in [1.82, 2.24) is 24.2 Å². The van der Waals surface area contributed by atoms with Crippen molar-refractivity contribution < 1.29 is 8.42 Å². The number of aryl methyl sites for hydroxylation is 2. The van der Waals surface area contributed by atoms with E-state index in [1.807, 2.05) is 39.1 Å². The van der Waals surface area contributed by atoms with E-state index in [0.717, 1.165) is 42.0 Å². The van der Waals surface area contributed by atoms with E-state index in [-0.39, 0.29) is 4.90 Å². The fraction of sp³-hybridized carbons (Fsp3) is 0.269. The molecular formula is C26H31N7O2S. The molecule has 10 heteroatoms. The highest BCUT2D eigenvalue weighted by Gasteiger charge is 2.14. The zero-order valence-electron chi connectivity index (χ0n) is 20.7. The SMILES string of the molecule is CCCCNS(=O)(=O)c1cccc(Nc2nc(Nc3ccc(Cn4ccnc4C)cc3)ncc2C)c1. The lowest BCUT2D eigenvalue weighted by Crippen LogP contribution is -2.24. The molecular weight excluding hydrogens is 474 g/mol. The second-order valence-corrected chi connectivity index (χ2v) is 10.3. The molecule has 2 aromatic carbocycles. The van der Waals surface area contributed by atoms with Crippen LogP contribution >= 0.6 is 0 Å². The van der Waals surface area contributed by atoms with Gasteiger partial charge in [-0.1, -0.05) is 31.5 Å². The molecule has 0 aliphatic carbocycles. The number of hydrogen-bond acceptors (Lipinski definition) is 7. The highest BCUT2D eigenvalue weighted by molar-refractivity contribution is 7.89. The standard InChI is InChI=1S/C26H31N7O2S/c1-4-5-13-29-36(34,35)24-8-6-7-23(16-24)30-25-19(2)17-28-26(32-25)31-22-11-9-21(10-12-22)18-33-15-14-27-20(33)3/h6-12,14-17,29H,4-5,13,18H2,1-3H3,(H2,28,30,31,32). The molecule has 0 atom stereocenters. The van der Waals surface area contributed by atoms with Crippen LogP contribution < -0.4 is 15.4 Å². The average Bonchev–Trinajstić information content (AvgIpc) is 3.27. The Labute approximate surface area is 212 Å². The van der Waals surface area contributed by atoms with Gasteiger partial charge >= 0.3 is 0 Å². The number of imidazole rings is 1. The second-order valence-electron chi connectivity index (χ2n) is 8.55. The fourth-order valence-corrected chi connectivity index (χ4v) is 4.68. The molecule has 3 N–H and O–H groups in total. The Bertz CT molecular complexity index is 1420. The number of nitrogens with one attached hydrogen (secondary N) is 3. The van der Waals surface area contributed by atoms with Gasteiger partial charge in [-0.05, 0) is 56.2 Å². The lowest BCUT2D eigenvalue weighted by atomic mass is 10.2. The second kappa shape index (κ2) is 11.3. The van der Waals surface area contributed by atoms with Crippen molar-refractivity contribution in [3.8, 4) is 0 Å². The highest BCUT2D eigenvalue weighted by atomic mass is 32.2. The maximum Gasteiger partial charge on any atom is 0.240 e. The van der Waals surface area contributed by atoms with Crippen LogP contribution in [0.25, 0.3) is 0 Å². The van der Waals surface area contributed by atoms with E-state index in [9.17, 15) is 8.42 Å². The van der Waals surface area contributed by atoms with Gasteiger partial charge in [0.25, 0.3) is 0 Å². The molecule has 36 heavy (non-hydrogen) atoms. The van der Waals surface area contributed by atoms with Crippen molar-refractivity contribution in [3.63, 3.8) is 0 Å². The zero-order chi connectivity index (χ0) is 25.5. The summed E-state index contributed by atoms with van der Waals surface area (Å²) in [5, 5.41) is 6.46. The van der Waals surface area contributed by atoms with Crippen LogP contribution in [0.5, 0.6) is 0 Å². The first kappa shape index (κ1) is 25.3. The third-order valence-corrected chi connectivity index (χ3v) is 7.15. The summed E-state index contributed by atoms with van der Waals surface area (Å²) in [6, 6.07) is 14.8. The van der Waals surface area contributed by atoms with E-state index in [0.29, 0.717) is 24.0 Å². The number of sulfonamides is 1. The Kier molecular flexibility index (Phi) is 7.97. The monoisotopic (exact) mass is 505 g/mol. The number of benzene rings is 2. The summed E-state index contributed by atoms with van der Waals surface area (Å²) in [7, 11) is -3.57. The minimum absolute atomic E-state index is 0.208. The molecule has 4 rings (SSSR count). The number of nitrogens with zero attached hydrogens (tertiary/aromatic N) is 4. The highest BCUT2D eigenvalue weighted by Crippen LogP contribution is 2.23. The van der Waals surface area contributed by atoms with Crippen LogP contribution in [0.15, 0.2) is 72.0 Å². The first-order valence-corrected chi connectivity index (χ1v) is 13.4. The molecule has 2 heterocycles. The lowest BCUT2D eigenvalue weighted by molar-refractivity contribution is 0.578. The van der Waals surface area contributed by atoms with Gasteiger partial charge in [0.15, 0.2) is 0 Å². The molecule has 0 amide bonds. The predicted octanol–water partition coefficient (Wildman–Crippen LogP) is 4.90. The summed E-state index contributed by atoms with van der Waals surface area (Å²) in [5.41, 5.74) is 3.48. The molecule has 4 aromatic rings. The maximum absolute atomic E-state index is 12.6. The van der Waals surface area contributed by atoms with Crippen molar-refractivity contribution in [2.45, 2.75) is 45.1 Å². The first-order chi connectivity index (χ1) is 17.3. The van der Waals surface area contributed by atoms with Gasteiger partial charge in [-0.2, -0.15) is 4.98 Å². The number of aromatic nitrogens is 4. The van der Waals surface area contributed by atoms with Crippen molar-refractivity contribution in [2.24, 2.45) is 0 Å². The molecule has 0 saturated heterocycles. The van der Waals surface area contributed by atoms with E-state index in [1.54, 1.807) is 36.7 Å². The zero-order valence-corrected chi connectivity index (χ0v) is 21.5. The third-order valence-electron chi connectivity index (χ3n) is 5.69. The molecule has 0 unspecified atom stereocenters. The van der Waals surface area contributed by atoms with Gasteiger partial charge in [-0.15, -0.1) is 0 Å². The summed E-state index contributed by atoms with van der Waals surface area (Å²) < 4.78 is 29.9. The molecule has 9 nitrogen and oxygen atoms in total. The molecule has 0 radical (unpaired) electrons. The number of anilines is 4.